The largest absolute Gasteiger partial charge is 0.377 e. The van der Waals surface area contributed by atoms with Crippen LogP contribution in [-0.2, 0) is 9.53 Å². The zero-order valence-corrected chi connectivity index (χ0v) is 10.9. The summed E-state index contributed by atoms with van der Waals surface area (Å²) >= 11 is 6.05. The molecule has 1 unspecified atom stereocenters. The average molecular weight is 256 g/mol. The summed E-state index contributed by atoms with van der Waals surface area (Å²) in [5.41, 5.74) is 0.802. The Morgan fingerprint density at radius 1 is 1.35 bits per heavy atom. The van der Waals surface area contributed by atoms with Gasteiger partial charge in [0.2, 0.25) is 5.91 Å². The van der Waals surface area contributed by atoms with Crippen LogP contribution in [0, 0.1) is 0 Å². The van der Waals surface area contributed by atoms with Gasteiger partial charge in [0.15, 0.2) is 0 Å². The topological polar surface area (TPSA) is 38.3 Å². The predicted molar refractivity (Wildman–Crippen MR) is 69.1 cm³/mol. The fourth-order valence-corrected chi connectivity index (χ4v) is 1.55. The van der Waals surface area contributed by atoms with E-state index in [-0.39, 0.29) is 12.0 Å². The smallest absolute Gasteiger partial charge is 0.242 e. The minimum atomic E-state index is -0.643. The lowest BCUT2D eigenvalue weighted by Gasteiger charge is -2.12. The molecule has 0 heterocycles. The van der Waals surface area contributed by atoms with Gasteiger partial charge in [-0.3, -0.25) is 4.79 Å². The van der Waals surface area contributed by atoms with Crippen molar-refractivity contribution in [2.45, 2.75) is 25.3 Å². The second-order valence-corrected chi connectivity index (χ2v) is 4.42. The summed E-state index contributed by atoms with van der Waals surface area (Å²) in [5.74, 6) is -0.190. The van der Waals surface area contributed by atoms with Crippen molar-refractivity contribution < 1.29 is 9.53 Å². The SMILES string of the molecule is CC(C)OCCNC(=O)C(Cl)c1ccccc1. The number of halogens is 1. The molecule has 1 aromatic rings. The van der Waals surface area contributed by atoms with E-state index in [1.807, 2.05) is 44.2 Å². The Bertz CT molecular complexity index is 341. The maximum absolute atomic E-state index is 11.7. The first-order valence-electron chi connectivity index (χ1n) is 5.69. The van der Waals surface area contributed by atoms with Crippen LogP contribution in [0.2, 0.25) is 0 Å². The number of amides is 1. The van der Waals surface area contributed by atoms with Gasteiger partial charge in [-0.2, -0.15) is 0 Å². The van der Waals surface area contributed by atoms with Gasteiger partial charge in [0.1, 0.15) is 5.38 Å². The summed E-state index contributed by atoms with van der Waals surface area (Å²) in [6.07, 6.45) is 0.174. The summed E-state index contributed by atoms with van der Waals surface area (Å²) in [4.78, 5) is 11.7. The van der Waals surface area contributed by atoms with Gasteiger partial charge < -0.3 is 10.1 Å². The summed E-state index contributed by atoms with van der Waals surface area (Å²) in [6, 6.07) is 9.28. The highest BCUT2D eigenvalue weighted by atomic mass is 35.5. The minimum absolute atomic E-state index is 0.174. The van der Waals surface area contributed by atoms with E-state index in [1.54, 1.807) is 0 Å². The van der Waals surface area contributed by atoms with Crippen LogP contribution >= 0.6 is 11.6 Å². The van der Waals surface area contributed by atoms with Crippen LogP contribution in [0.15, 0.2) is 30.3 Å². The third-order valence-corrected chi connectivity index (χ3v) is 2.63. The Morgan fingerprint density at radius 2 is 2.00 bits per heavy atom. The number of carbonyl (C=O) groups excluding carboxylic acids is 1. The van der Waals surface area contributed by atoms with E-state index in [9.17, 15) is 4.79 Å². The summed E-state index contributed by atoms with van der Waals surface area (Å²) in [6.45, 7) is 4.89. The first-order valence-corrected chi connectivity index (χ1v) is 6.13. The van der Waals surface area contributed by atoms with Crippen molar-refractivity contribution >= 4 is 17.5 Å². The molecule has 1 N–H and O–H groups in total. The Morgan fingerprint density at radius 3 is 2.59 bits per heavy atom. The third kappa shape index (κ3) is 5.20. The van der Waals surface area contributed by atoms with Crippen molar-refractivity contribution in [2.24, 2.45) is 0 Å². The molecule has 0 aromatic heterocycles. The first-order chi connectivity index (χ1) is 8.11. The van der Waals surface area contributed by atoms with Crippen molar-refractivity contribution in [3.8, 4) is 0 Å². The molecular weight excluding hydrogens is 238 g/mol. The number of hydrogen-bond acceptors (Lipinski definition) is 2. The third-order valence-electron chi connectivity index (χ3n) is 2.17. The number of nitrogens with one attached hydrogen (secondary N) is 1. The Kier molecular flexibility index (Phi) is 6.01. The van der Waals surface area contributed by atoms with Crippen LogP contribution in [0.1, 0.15) is 24.8 Å². The highest BCUT2D eigenvalue weighted by Crippen LogP contribution is 2.19. The molecule has 0 bridgehead atoms. The van der Waals surface area contributed by atoms with Gasteiger partial charge in [-0.05, 0) is 19.4 Å². The predicted octanol–water partition coefficient (Wildman–Crippen LogP) is 2.51. The normalized spacial score (nSPS) is 12.5. The lowest BCUT2D eigenvalue weighted by atomic mass is 10.1. The molecule has 0 fully saturated rings. The fourth-order valence-electron chi connectivity index (χ4n) is 1.33. The number of hydrogen-bond donors (Lipinski definition) is 1. The Hall–Kier alpha value is -1.06. The number of rotatable bonds is 6. The molecule has 0 aliphatic rings. The van der Waals surface area contributed by atoms with Crippen molar-refractivity contribution in [2.75, 3.05) is 13.2 Å². The first kappa shape index (κ1) is 14.0. The Balaban J connectivity index is 2.33. The number of alkyl halides is 1. The molecule has 0 spiro atoms. The highest BCUT2D eigenvalue weighted by Gasteiger charge is 2.16. The molecule has 0 radical (unpaired) electrons. The number of benzene rings is 1. The summed E-state index contributed by atoms with van der Waals surface area (Å²) < 4.78 is 5.32. The van der Waals surface area contributed by atoms with Crippen molar-refractivity contribution in [1.29, 1.82) is 0 Å². The molecule has 1 amide bonds. The molecule has 0 saturated carbocycles. The van der Waals surface area contributed by atoms with E-state index >= 15 is 0 Å². The standard InChI is InChI=1S/C13H18ClNO2/c1-10(2)17-9-8-15-13(16)12(14)11-6-4-3-5-7-11/h3-7,10,12H,8-9H2,1-2H3,(H,15,16). The molecular formula is C13H18ClNO2. The minimum Gasteiger partial charge on any atom is -0.377 e. The molecule has 1 aromatic carbocycles. The van der Waals surface area contributed by atoms with Crippen LogP contribution < -0.4 is 5.32 Å². The Labute approximate surface area is 107 Å². The lowest BCUT2D eigenvalue weighted by Crippen LogP contribution is -2.30. The second-order valence-electron chi connectivity index (χ2n) is 3.98. The van der Waals surface area contributed by atoms with E-state index in [0.717, 1.165) is 5.56 Å². The fraction of sp³-hybridized carbons (Fsp3) is 0.462. The molecule has 4 heteroatoms. The van der Waals surface area contributed by atoms with Gasteiger partial charge in [-0.15, -0.1) is 11.6 Å². The maximum atomic E-state index is 11.7. The van der Waals surface area contributed by atoms with Crippen LogP contribution in [0.3, 0.4) is 0 Å². The van der Waals surface area contributed by atoms with E-state index < -0.39 is 5.38 Å². The molecule has 17 heavy (non-hydrogen) atoms. The van der Waals surface area contributed by atoms with E-state index in [0.29, 0.717) is 13.2 Å². The summed E-state index contributed by atoms with van der Waals surface area (Å²) in [7, 11) is 0. The zero-order chi connectivity index (χ0) is 12.7. The molecule has 0 aliphatic carbocycles. The van der Waals surface area contributed by atoms with Gasteiger partial charge >= 0.3 is 0 Å². The van der Waals surface area contributed by atoms with Gasteiger partial charge in [0.05, 0.1) is 12.7 Å². The van der Waals surface area contributed by atoms with Gasteiger partial charge in [0, 0.05) is 6.54 Å². The molecule has 0 saturated heterocycles. The highest BCUT2D eigenvalue weighted by molar-refractivity contribution is 6.30. The maximum Gasteiger partial charge on any atom is 0.242 e. The van der Waals surface area contributed by atoms with Crippen LogP contribution in [-0.4, -0.2) is 25.2 Å². The lowest BCUT2D eigenvalue weighted by molar-refractivity contribution is -0.121. The van der Waals surface area contributed by atoms with E-state index in [2.05, 4.69) is 5.32 Å². The van der Waals surface area contributed by atoms with E-state index in [4.69, 9.17) is 16.3 Å². The molecule has 0 aliphatic heterocycles. The van der Waals surface area contributed by atoms with Crippen LogP contribution in [0.4, 0.5) is 0 Å². The van der Waals surface area contributed by atoms with Gasteiger partial charge in [-0.1, -0.05) is 30.3 Å². The van der Waals surface area contributed by atoms with Gasteiger partial charge in [0.25, 0.3) is 0 Å². The van der Waals surface area contributed by atoms with Gasteiger partial charge in [-0.25, -0.2) is 0 Å². The van der Waals surface area contributed by atoms with Crippen molar-refractivity contribution in [1.82, 2.24) is 5.32 Å². The van der Waals surface area contributed by atoms with Crippen molar-refractivity contribution in [3.05, 3.63) is 35.9 Å². The second kappa shape index (κ2) is 7.30. The number of ether oxygens (including phenoxy) is 1. The van der Waals surface area contributed by atoms with Crippen LogP contribution in [0.5, 0.6) is 0 Å². The summed E-state index contributed by atoms with van der Waals surface area (Å²) in [5, 5.41) is 2.10. The quantitative estimate of drug-likeness (QED) is 0.627. The molecule has 94 valence electrons. The molecule has 1 rings (SSSR count). The van der Waals surface area contributed by atoms with E-state index in [1.165, 1.54) is 0 Å². The molecule has 1 atom stereocenters. The number of carbonyl (C=O) groups is 1. The average Bonchev–Trinajstić information content (AvgIpc) is 2.34. The van der Waals surface area contributed by atoms with Crippen molar-refractivity contribution in [3.63, 3.8) is 0 Å². The zero-order valence-electron chi connectivity index (χ0n) is 10.2. The van der Waals surface area contributed by atoms with Crippen LogP contribution in [0.25, 0.3) is 0 Å². The monoisotopic (exact) mass is 255 g/mol. The molecule has 3 nitrogen and oxygen atoms in total.